The summed E-state index contributed by atoms with van der Waals surface area (Å²) in [6, 6.07) is 0. The molecule has 1 heteroatoms. The van der Waals surface area contributed by atoms with E-state index < -0.39 is 0 Å². The molecule has 0 spiro atoms. The van der Waals surface area contributed by atoms with Gasteiger partial charge in [-0.15, -0.1) is 0 Å². The smallest absolute Gasteiger partial charge is 0.0385 e. The van der Waals surface area contributed by atoms with Crippen molar-refractivity contribution in [1.29, 1.82) is 0 Å². The molecule has 0 aliphatic carbocycles. The van der Waals surface area contributed by atoms with Crippen LogP contribution in [-0.2, 0) is 0 Å². The van der Waals surface area contributed by atoms with Gasteiger partial charge < -0.3 is 0 Å². The highest BCUT2D eigenvalue weighted by Gasteiger charge is 2.04. The maximum absolute atomic E-state index is 4.24. The van der Waals surface area contributed by atoms with Crippen LogP contribution in [0.25, 0.3) is 0 Å². The first-order valence-electron chi connectivity index (χ1n) is 7.65. The van der Waals surface area contributed by atoms with Gasteiger partial charge >= 0.3 is 0 Å². The fourth-order valence-corrected chi connectivity index (χ4v) is 2.17. The molecule has 0 saturated carbocycles. The molecule has 0 aromatic rings. The number of unbranched alkanes of at least 4 members (excludes halogenated alkanes) is 2. The third-order valence-corrected chi connectivity index (χ3v) is 3.76. The first-order valence-corrected chi connectivity index (χ1v) is 7.65. The SMILES string of the molecule is C/C=N/CCCCCC(C)CCCC(C)CC. The molecule has 0 N–H and O–H groups in total. The normalized spacial score (nSPS) is 15.3. The highest BCUT2D eigenvalue weighted by atomic mass is 14.7. The molecule has 0 rings (SSSR count). The molecule has 0 aliphatic rings. The second-order valence-electron chi connectivity index (χ2n) is 5.56. The molecule has 0 radical (unpaired) electrons. The lowest BCUT2D eigenvalue weighted by Crippen LogP contribution is -1.98. The highest BCUT2D eigenvalue weighted by molar-refractivity contribution is 5.53. The van der Waals surface area contributed by atoms with E-state index in [-0.39, 0.29) is 0 Å². The zero-order valence-corrected chi connectivity index (χ0v) is 12.5. The molecule has 2 unspecified atom stereocenters. The van der Waals surface area contributed by atoms with Gasteiger partial charge in [0.2, 0.25) is 0 Å². The summed E-state index contributed by atoms with van der Waals surface area (Å²) in [5.74, 6) is 1.85. The van der Waals surface area contributed by atoms with Gasteiger partial charge in [0.25, 0.3) is 0 Å². The van der Waals surface area contributed by atoms with Crippen LogP contribution in [0.5, 0.6) is 0 Å². The van der Waals surface area contributed by atoms with Crippen LogP contribution < -0.4 is 0 Å². The Bertz CT molecular complexity index is 174. The lowest BCUT2D eigenvalue weighted by Gasteiger charge is -2.13. The summed E-state index contributed by atoms with van der Waals surface area (Å²) in [7, 11) is 0. The fourth-order valence-electron chi connectivity index (χ4n) is 2.17. The number of hydrogen-bond acceptors (Lipinski definition) is 1. The first kappa shape index (κ1) is 16.7. The molecule has 0 fully saturated rings. The van der Waals surface area contributed by atoms with E-state index in [9.17, 15) is 0 Å². The van der Waals surface area contributed by atoms with E-state index in [0.717, 1.165) is 18.4 Å². The Kier molecular flexibility index (Phi) is 11.9. The lowest BCUT2D eigenvalue weighted by molar-refractivity contribution is 0.407. The minimum absolute atomic E-state index is 0.925. The van der Waals surface area contributed by atoms with Crippen molar-refractivity contribution in [3.8, 4) is 0 Å². The Morgan fingerprint density at radius 3 is 2.18 bits per heavy atom. The van der Waals surface area contributed by atoms with E-state index in [0.29, 0.717) is 0 Å². The van der Waals surface area contributed by atoms with Crippen molar-refractivity contribution in [2.24, 2.45) is 16.8 Å². The molecular formula is C16H33N. The van der Waals surface area contributed by atoms with Crippen LogP contribution in [0.15, 0.2) is 4.99 Å². The van der Waals surface area contributed by atoms with Crippen molar-refractivity contribution in [3.63, 3.8) is 0 Å². The van der Waals surface area contributed by atoms with Crippen molar-refractivity contribution < 1.29 is 0 Å². The fraction of sp³-hybridized carbons (Fsp3) is 0.938. The van der Waals surface area contributed by atoms with Crippen LogP contribution >= 0.6 is 0 Å². The number of hydrogen-bond donors (Lipinski definition) is 0. The maximum atomic E-state index is 4.24. The summed E-state index contributed by atoms with van der Waals surface area (Å²) >= 11 is 0. The molecule has 0 aliphatic heterocycles. The van der Waals surface area contributed by atoms with Gasteiger partial charge in [0.1, 0.15) is 0 Å². The van der Waals surface area contributed by atoms with Crippen LogP contribution in [-0.4, -0.2) is 12.8 Å². The van der Waals surface area contributed by atoms with Gasteiger partial charge in [0, 0.05) is 6.54 Å². The van der Waals surface area contributed by atoms with Crippen molar-refractivity contribution in [1.82, 2.24) is 0 Å². The summed E-state index contributed by atoms with van der Waals surface area (Å²) in [5, 5.41) is 0. The molecule has 0 amide bonds. The standard InChI is InChI=1S/C16H33N/c1-5-15(3)12-10-13-16(4)11-8-7-9-14-17-6-2/h6,15-16H,5,7-14H2,1-4H3/b17-6+. The van der Waals surface area contributed by atoms with Crippen LogP contribution in [0.4, 0.5) is 0 Å². The highest BCUT2D eigenvalue weighted by Crippen LogP contribution is 2.19. The molecule has 0 bridgehead atoms. The van der Waals surface area contributed by atoms with E-state index in [1.807, 2.05) is 13.1 Å². The molecule has 17 heavy (non-hydrogen) atoms. The monoisotopic (exact) mass is 239 g/mol. The molecule has 0 aromatic carbocycles. The summed E-state index contributed by atoms with van der Waals surface area (Å²) in [5.41, 5.74) is 0. The summed E-state index contributed by atoms with van der Waals surface area (Å²) in [6.07, 6.45) is 13.0. The van der Waals surface area contributed by atoms with E-state index in [4.69, 9.17) is 0 Å². The van der Waals surface area contributed by atoms with Crippen LogP contribution in [0.1, 0.15) is 79.1 Å². The quantitative estimate of drug-likeness (QED) is 0.334. The van der Waals surface area contributed by atoms with E-state index in [1.165, 1.54) is 51.4 Å². The molecule has 0 heterocycles. The third kappa shape index (κ3) is 11.9. The largest absolute Gasteiger partial charge is 0.298 e. The number of aliphatic imine (C=N–C) groups is 1. The Balaban J connectivity index is 3.25. The molecule has 0 saturated heterocycles. The predicted molar refractivity (Wildman–Crippen MR) is 80.0 cm³/mol. The Labute approximate surface area is 109 Å². The van der Waals surface area contributed by atoms with Crippen LogP contribution in [0.2, 0.25) is 0 Å². The number of rotatable bonds is 11. The van der Waals surface area contributed by atoms with E-state index >= 15 is 0 Å². The van der Waals surface area contributed by atoms with Crippen LogP contribution in [0, 0.1) is 11.8 Å². The Morgan fingerprint density at radius 1 is 0.882 bits per heavy atom. The van der Waals surface area contributed by atoms with Crippen molar-refractivity contribution >= 4 is 6.21 Å². The number of nitrogens with zero attached hydrogens (tertiary/aromatic N) is 1. The summed E-state index contributed by atoms with van der Waals surface area (Å²) in [4.78, 5) is 4.24. The van der Waals surface area contributed by atoms with Gasteiger partial charge in [-0.3, -0.25) is 4.99 Å². The average Bonchev–Trinajstić information content (AvgIpc) is 2.33. The third-order valence-electron chi connectivity index (χ3n) is 3.76. The van der Waals surface area contributed by atoms with Crippen molar-refractivity contribution in [2.45, 2.75) is 79.1 Å². The van der Waals surface area contributed by atoms with Crippen molar-refractivity contribution in [2.75, 3.05) is 6.54 Å². The van der Waals surface area contributed by atoms with Crippen molar-refractivity contribution in [3.05, 3.63) is 0 Å². The molecule has 102 valence electrons. The second kappa shape index (κ2) is 12.1. The first-order chi connectivity index (χ1) is 8.20. The maximum Gasteiger partial charge on any atom is 0.0385 e. The topological polar surface area (TPSA) is 12.4 Å². The lowest BCUT2D eigenvalue weighted by atomic mass is 9.94. The van der Waals surface area contributed by atoms with Gasteiger partial charge in [0.15, 0.2) is 0 Å². The van der Waals surface area contributed by atoms with Gasteiger partial charge in [-0.05, 0) is 31.4 Å². The zero-order chi connectivity index (χ0) is 12.9. The Hall–Kier alpha value is -0.330. The van der Waals surface area contributed by atoms with Gasteiger partial charge in [-0.2, -0.15) is 0 Å². The minimum atomic E-state index is 0.925. The minimum Gasteiger partial charge on any atom is -0.298 e. The molecular weight excluding hydrogens is 206 g/mol. The van der Waals surface area contributed by atoms with Crippen LogP contribution in [0.3, 0.4) is 0 Å². The van der Waals surface area contributed by atoms with Gasteiger partial charge in [-0.25, -0.2) is 0 Å². The van der Waals surface area contributed by atoms with Gasteiger partial charge in [0.05, 0.1) is 0 Å². The summed E-state index contributed by atoms with van der Waals surface area (Å²) in [6.45, 7) is 10.1. The zero-order valence-electron chi connectivity index (χ0n) is 12.5. The average molecular weight is 239 g/mol. The molecule has 1 nitrogen and oxygen atoms in total. The van der Waals surface area contributed by atoms with E-state index in [1.54, 1.807) is 0 Å². The summed E-state index contributed by atoms with van der Waals surface area (Å²) < 4.78 is 0. The van der Waals surface area contributed by atoms with Gasteiger partial charge in [-0.1, -0.05) is 65.7 Å². The second-order valence-corrected chi connectivity index (χ2v) is 5.56. The predicted octanol–water partition coefficient (Wildman–Crippen LogP) is 5.49. The molecule has 2 atom stereocenters. The Morgan fingerprint density at radius 2 is 1.53 bits per heavy atom. The van der Waals surface area contributed by atoms with E-state index in [2.05, 4.69) is 25.8 Å². The molecule has 0 aromatic heterocycles.